The van der Waals surface area contributed by atoms with Crippen molar-refractivity contribution >= 4 is 23.0 Å². The third-order valence-corrected chi connectivity index (χ3v) is 4.29. The number of carboxylic acid groups (broad SMARTS) is 1. The molecule has 1 amide bonds. The molecule has 0 radical (unpaired) electrons. The van der Waals surface area contributed by atoms with Crippen LogP contribution < -0.4 is 5.32 Å². The fourth-order valence-corrected chi connectivity index (χ4v) is 2.73. The molecule has 7 heteroatoms. The molecule has 1 fully saturated rings. The first-order valence-electron chi connectivity index (χ1n) is 8.26. The van der Waals surface area contributed by atoms with Gasteiger partial charge in [-0.15, -0.1) is 0 Å². The van der Waals surface area contributed by atoms with Gasteiger partial charge in [-0.3, -0.25) is 4.79 Å². The van der Waals surface area contributed by atoms with Gasteiger partial charge in [-0.2, -0.15) is 0 Å². The summed E-state index contributed by atoms with van der Waals surface area (Å²) in [6.45, 7) is 5.63. The highest BCUT2D eigenvalue weighted by atomic mass is 16.5. The van der Waals surface area contributed by atoms with Crippen LogP contribution in [0.5, 0.6) is 0 Å². The fraction of sp³-hybridized carbons (Fsp3) is 0.529. The second-order valence-corrected chi connectivity index (χ2v) is 6.54. The molecule has 1 saturated carbocycles. The van der Waals surface area contributed by atoms with Crippen LogP contribution in [0.25, 0.3) is 11.1 Å². The van der Waals surface area contributed by atoms with Gasteiger partial charge in [-0.05, 0) is 31.2 Å². The average molecular weight is 331 g/mol. The Kier molecular flexibility index (Phi) is 4.26. The number of aliphatic carboxylic acids is 1. The molecule has 0 saturated heterocycles. The van der Waals surface area contributed by atoms with Crippen molar-refractivity contribution in [2.24, 2.45) is 0 Å². The molecule has 0 bridgehead atoms. The number of nitrogens with zero attached hydrogens (tertiary/aromatic N) is 2. The van der Waals surface area contributed by atoms with E-state index in [2.05, 4.69) is 15.5 Å². The van der Waals surface area contributed by atoms with Crippen molar-refractivity contribution in [3.05, 3.63) is 23.0 Å². The molecule has 0 spiro atoms. The zero-order valence-electron chi connectivity index (χ0n) is 14.0. The maximum atomic E-state index is 12.7. The van der Waals surface area contributed by atoms with Crippen LogP contribution in [0.4, 0.5) is 0 Å². The van der Waals surface area contributed by atoms with Gasteiger partial charge in [0.1, 0.15) is 6.04 Å². The summed E-state index contributed by atoms with van der Waals surface area (Å²) in [5.74, 6) is -1.07. The normalized spacial score (nSPS) is 15.7. The minimum atomic E-state index is -1.05. The van der Waals surface area contributed by atoms with Crippen molar-refractivity contribution in [3.63, 3.8) is 0 Å². The Labute approximate surface area is 139 Å². The number of carbonyl (C=O) groups is 2. The van der Waals surface area contributed by atoms with Gasteiger partial charge in [0.25, 0.3) is 11.6 Å². The van der Waals surface area contributed by atoms with Crippen molar-refractivity contribution in [3.8, 4) is 0 Å². The Hall–Kier alpha value is -2.44. The zero-order valence-corrected chi connectivity index (χ0v) is 14.0. The molecule has 24 heavy (non-hydrogen) atoms. The number of carbonyl (C=O) groups excluding carboxylic acids is 1. The first-order valence-corrected chi connectivity index (χ1v) is 8.26. The van der Waals surface area contributed by atoms with Crippen molar-refractivity contribution < 1.29 is 19.2 Å². The summed E-state index contributed by atoms with van der Waals surface area (Å²) in [5.41, 5.74) is 2.21. The molecule has 0 aromatic carbocycles. The van der Waals surface area contributed by atoms with Crippen molar-refractivity contribution in [2.45, 2.75) is 57.9 Å². The number of rotatable bonds is 6. The Morgan fingerprint density at radius 3 is 2.67 bits per heavy atom. The van der Waals surface area contributed by atoms with E-state index < -0.39 is 17.9 Å². The lowest BCUT2D eigenvalue weighted by Gasteiger charge is -2.13. The van der Waals surface area contributed by atoms with Gasteiger partial charge in [0.2, 0.25) is 0 Å². The van der Waals surface area contributed by atoms with E-state index in [1.807, 2.05) is 13.8 Å². The molecule has 0 aliphatic heterocycles. The van der Waals surface area contributed by atoms with Gasteiger partial charge in [-0.25, -0.2) is 9.78 Å². The second-order valence-electron chi connectivity index (χ2n) is 6.54. The van der Waals surface area contributed by atoms with E-state index in [1.54, 1.807) is 13.0 Å². The fourth-order valence-electron chi connectivity index (χ4n) is 2.73. The number of pyridine rings is 1. The van der Waals surface area contributed by atoms with Crippen molar-refractivity contribution in [2.75, 3.05) is 0 Å². The number of amides is 1. The highest BCUT2D eigenvalue weighted by Crippen LogP contribution is 2.41. The number of nitrogens with one attached hydrogen (secondary N) is 1. The quantitative estimate of drug-likeness (QED) is 0.843. The first-order chi connectivity index (χ1) is 11.4. The molecule has 1 aliphatic rings. The summed E-state index contributed by atoms with van der Waals surface area (Å²) in [5, 5.41) is 16.4. The molecular weight excluding hydrogens is 310 g/mol. The van der Waals surface area contributed by atoms with Gasteiger partial charge >= 0.3 is 5.97 Å². The number of hydrogen-bond acceptors (Lipinski definition) is 5. The highest BCUT2D eigenvalue weighted by Gasteiger charge is 2.30. The predicted molar refractivity (Wildman–Crippen MR) is 87.0 cm³/mol. The largest absolute Gasteiger partial charge is 0.480 e. The summed E-state index contributed by atoms with van der Waals surface area (Å²) < 4.78 is 5.34. The predicted octanol–water partition coefficient (Wildman–Crippen LogP) is 2.82. The zero-order chi connectivity index (χ0) is 17.4. The third kappa shape index (κ3) is 2.98. The molecule has 1 atom stereocenters. The van der Waals surface area contributed by atoms with E-state index in [1.165, 1.54) is 0 Å². The Balaban J connectivity index is 2.07. The SMILES string of the molecule is CCC(NC(=O)c1cc(C2CC2)nc2onc(C(C)C)c12)C(=O)O. The van der Waals surface area contributed by atoms with Gasteiger partial charge in [0.15, 0.2) is 0 Å². The topological polar surface area (TPSA) is 105 Å². The van der Waals surface area contributed by atoms with Crippen LogP contribution in [0, 0.1) is 0 Å². The number of hydrogen-bond donors (Lipinski definition) is 2. The van der Waals surface area contributed by atoms with Crippen LogP contribution in [0.3, 0.4) is 0 Å². The molecule has 2 heterocycles. The van der Waals surface area contributed by atoms with Crippen LogP contribution in [0.15, 0.2) is 10.6 Å². The molecule has 3 rings (SSSR count). The summed E-state index contributed by atoms with van der Waals surface area (Å²) >= 11 is 0. The van der Waals surface area contributed by atoms with Crippen LogP contribution in [0.1, 0.15) is 73.6 Å². The highest BCUT2D eigenvalue weighted by molar-refractivity contribution is 6.07. The van der Waals surface area contributed by atoms with Gasteiger partial charge in [0.05, 0.1) is 16.6 Å². The number of aromatic nitrogens is 2. The van der Waals surface area contributed by atoms with E-state index in [0.717, 1.165) is 18.5 Å². The number of fused-ring (bicyclic) bond motifs is 1. The van der Waals surface area contributed by atoms with E-state index >= 15 is 0 Å². The number of carboxylic acids is 1. The maximum Gasteiger partial charge on any atom is 0.326 e. The molecule has 7 nitrogen and oxygen atoms in total. The van der Waals surface area contributed by atoms with E-state index in [4.69, 9.17) is 4.52 Å². The monoisotopic (exact) mass is 331 g/mol. The molecule has 1 aliphatic carbocycles. The summed E-state index contributed by atoms with van der Waals surface area (Å²) in [4.78, 5) is 28.4. The lowest BCUT2D eigenvalue weighted by molar-refractivity contribution is -0.139. The summed E-state index contributed by atoms with van der Waals surface area (Å²) in [7, 11) is 0. The molecule has 1 unspecified atom stereocenters. The van der Waals surface area contributed by atoms with Crippen LogP contribution in [0.2, 0.25) is 0 Å². The standard InChI is InChI=1S/C17H21N3O4/c1-4-11(17(22)23)18-15(21)10-7-12(9-5-6-9)19-16-13(10)14(8(2)3)20-24-16/h7-9,11H,4-6H2,1-3H3,(H,18,21)(H,22,23). The minimum absolute atomic E-state index is 0.0628. The molecule has 128 valence electrons. The van der Waals surface area contributed by atoms with E-state index in [-0.39, 0.29) is 5.92 Å². The van der Waals surface area contributed by atoms with Crippen LogP contribution >= 0.6 is 0 Å². The Bertz CT molecular complexity index is 792. The van der Waals surface area contributed by atoms with Crippen LogP contribution in [-0.2, 0) is 4.79 Å². The second kappa shape index (κ2) is 6.22. The Morgan fingerprint density at radius 1 is 1.42 bits per heavy atom. The smallest absolute Gasteiger partial charge is 0.326 e. The van der Waals surface area contributed by atoms with Gasteiger partial charge < -0.3 is 14.9 Å². The lowest BCUT2D eigenvalue weighted by Crippen LogP contribution is -2.40. The van der Waals surface area contributed by atoms with E-state index in [9.17, 15) is 14.7 Å². The Morgan fingerprint density at radius 2 is 2.12 bits per heavy atom. The summed E-state index contributed by atoms with van der Waals surface area (Å²) in [6.07, 6.45) is 2.39. The lowest BCUT2D eigenvalue weighted by atomic mass is 10.0. The first kappa shape index (κ1) is 16.4. The maximum absolute atomic E-state index is 12.7. The minimum Gasteiger partial charge on any atom is -0.480 e. The molecule has 2 aromatic heterocycles. The van der Waals surface area contributed by atoms with E-state index in [0.29, 0.717) is 34.7 Å². The molecule has 2 aromatic rings. The summed E-state index contributed by atoms with van der Waals surface area (Å²) in [6, 6.07) is 0.833. The van der Waals surface area contributed by atoms with Gasteiger partial charge in [-0.1, -0.05) is 25.9 Å². The average Bonchev–Trinajstić information content (AvgIpc) is 3.30. The molecule has 2 N–H and O–H groups in total. The molecular formula is C17H21N3O4. The van der Waals surface area contributed by atoms with Crippen LogP contribution in [-0.4, -0.2) is 33.2 Å². The third-order valence-electron chi connectivity index (χ3n) is 4.29. The van der Waals surface area contributed by atoms with Crippen molar-refractivity contribution in [1.82, 2.24) is 15.5 Å². The van der Waals surface area contributed by atoms with Gasteiger partial charge in [0, 0.05) is 11.6 Å². The van der Waals surface area contributed by atoms with Crippen molar-refractivity contribution in [1.29, 1.82) is 0 Å².